The lowest BCUT2D eigenvalue weighted by Crippen LogP contribution is -2.40. The number of carboxylic acids is 1. The van der Waals surface area contributed by atoms with Gasteiger partial charge in [-0.2, -0.15) is 0 Å². The predicted octanol–water partition coefficient (Wildman–Crippen LogP) is 6.57. The lowest BCUT2D eigenvalue weighted by atomic mass is 9.83. The third-order valence-corrected chi connectivity index (χ3v) is 9.49. The van der Waals surface area contributed by atoms with Crippen LogP contribution in [0.1, 0.15) is 66.1 Å². The van der Waals surface area contributed by atoms with Crippen LogP contribution in [0.2, 0.25) is 5.02 Å². The highest BCUT2D eigenvalue weighted by Gasteiger charge is 2.30. The average Bonchev–Trinajstić information content (AvgIpc) is 3.43. The number of carbonyl (C=O) groups excluding carboxylic acids is 1. The Hall–Kier alpha value is -2.35. The minimum Gasteiger partial charge on any atom is -0.477 e. The summed E-state index contributed by atoms with van der Waals surface area (Å²) in [5, 5.41) is 10.5. The number of aromatic carboxylic acids is 1. The summed E-state index contributed by atoms with van der Waals surface area (Å²) < 4.78 is 3.09. The monoisotopic (exact) mass is 541 g/mol. The SMILES string of the molecule is CN1CCCC(CN(C)C(=O)Cn2c(-c3ccc(Cl)cc3)c(C3CCCCC3)c3sc(C(=O)O)cc32)C1. The second-order valence-corrected chi connectivity index (χ2v) is 12.4. The molecule has 1 unspecified atom stereocenters. The van der Waals surface area contributed by atoms with Crippen LogP contribution in [0.3, 0.4) is 0 Å². The van der Waals surface area contributed by atoms with Gasteiger partial charge in [-0.15, -0.1) is 11.3 Å². The zero-order chi connectivity index (χ0) is 26.1. The molecule has 2 fully saturated rings. The van der Waals surface area contributed by atoms with Crippen molar-refractivity contribution in [3.8, 4) is 11.3 Å². The highest BCUT2D eigenvalue weighted by Crippen LogP contribution is 2.47. The summed E-state index contributed by atoms with van der Waals surface area (Å²) in [7, 11) is 4.05. The number of aromatic nitrogens is 1. The van der Waals surface area contributed by atoms with Crippen molar-refractivity contribution in [3.05, 3.63) is 45.8 Å². The molecule has 6 nitrogen and oxygen atoms in total. The highest BCUT2D eigenvalue weighted by atomic mass is 35.5. The van der Waals surface area contributed by atoms with Crippen LogP contribution in [0.4, 0.5) is 0 Å². The Bertz CT molecular complexity index is 1280. The van der Waals surface area contributed by atoms with Gasteiger partial charge in [0.15, 0.2) is 0 Å². The molecule has 2 aromatic heterocycles. The van der Waals surface area contributed by atoms with Crippen molar-refractivity contribution in [2.45, 2.75) is 57.4 Å². The number of hydrogen-bond acceptors (Lipinski definition) is 4. The van der Waals surface area contributed by atoms with Gasteiger partial charge in [0.25, 0.3) is 0 Å². The maximum absolute atomic E-state index is 13.6. The number of likely N-dealkylation sites (N-methyl/N-ethyl adjacent to an activating group) is 1. The summed E-state index contributed by atoms with van der Waals surface area (Å²) >= 11 is 7.58. The number of hydrogen-bond donors (Lipinski definition) is 1. The van der Waals surface area contributed by atoms with Gasteiger partial charge >= 0.3 is 5.97 Å². The van der Waals surface area contributed by atoms with Gasteiger partial charge in [0.1, 0.15) is 11.4 Å². The van der Waals surface area contributed by atoms with Crippen LogP contribution in [0, 0.1) is 5.92 Å². The van der Waals surface area contributed by atoms with Crippen molar-refractivity contribution in [2.75, 3.05) is 33.7 Å². The van der Waals surface area contributed by atoms with Crippen LogP contribution in [-0.4, -0.2) is 65.1 Å². The van der Waals surface area contributed by atoms with Gasteiger partial charge in [-0.1, -0.05) is 43.0 Å². The lowest BCUT2D eigenvalue weighted by Gasteiger charge is -2.32. The minimum atomic E-state index is -0.916. The number of carboxylic acid groups (broad SMARTS) is 1. The summed E-state index contributed by atoms with van der Waals surface area (Å²) in [4.78, 5) is 30.1. The van der Waals surface area contributed by atoms with Gasteiger partial charge in [-0.25, -0.2) is 4.79 Å². The van der Waals surface area contributed by atoms with Crippen molar-refractivity contribution in [1.29, 1.82) is 0 Å². The summed E-state index contributed by atoms with van der Waals surface area (Å²) in [5.74, 6) is -0.0291. The van der Waals surface area contributed by atoms with Crippen molar-refractivity contribution < 1.29 is 14.7 Å². The molecular formula is C29H36ClN3O3S. The molecule has 8 heteroatoms. The second kappa shape index (κ2) is 11.2. The van der Waals surface area contributed by atoms with Crippen molar-refractivity contribution >= 4 is 45.0 Å². The number of rotatable bonds is 7. The van der Waals surface area contributed by atoms with E-state index in [-0.39, 0.29) is 12.5 Å². The third kappa shape index (κ3) is 5.59. The molecule has 3 aromatic rings. The molecule has 198 valence electrons. The number of likely N-dealkylation sites (tertiary alicyclic amines) is 1. The first-order chi connectivity index (χ1) is 17.8. The standard InChI is InChI=1S/C29H36ClN3O3S/c1-31-14-6-7-19(16-31)17-32(2)25(34)18-33-23-15-24(29(35)36)37-28(23)26(20-8-4-3-5-9-20)27(33)21-10-12-22(30)13-11-21/h10-13,15,19-20H,3-9,14,16-18H2,1-2H3,(H,35,36). The molecule has 1 amide bonds. The van der Waals surface area contributed by atoms with E-state index in [0.717, 1.165) is 60.4 Å². The minimum absolute atomic E-state index is 0.0543. The molecule has 1 N–H and O–H groups in total. The number of piperidine rings is 1. The fourth-order valence-electron chi connectivity index (χ4n) is 6.27. The molecular weight excluding hydrogens is 506 g/mol. The molecule has 37 heavy (non-hydrogen) atoms. The van der Waals surface area contributed by atoms with Crippen LogP contribution >= 0.6 is 22.9 Å². The number of carbonyl (C=O) groups is 2. The Morgan fingerprint density at radius 2 is 1.84 bits per heavy atom. The van der Waals surface area contributed by atoms with E-state index in [2.05, 4.69) is 16.5 Å². The Labute approximate surface area is 227 Å². The normalized spacial score (nSPS) is 19.4. The number of thiophene rings is 1. The van der Waals surface area contributed by atoms with E-state index in [1.807, 2.05) is 36.2 Å². The largest absolute Gasteiger partial charge is 0.477 e. The summed E-state index contributed by atoms with van der Waals surface area (Å²) in [5.41, 5.74) is 4.13. The molecule has 0 radical (unpaired) electrons. The number of halogens is 1. The van der Waals surface area contributed by atoms with E-state index in [1.54, 1.807) is 6.07 Å². The first kappa shape index (κ1) is 26.3. The van der Waals surface area contributed by atoms with Crippen LogP contribution in [0.5, 0.6) is 0 Å². The first-order valence-corrected chi connectivity index (χ1v) is 14.6. The number of benzene rings is 1. The van der Waals surface area contributed by atoms with E-state index in [4.69, 9.17) is 11.6 Å². The topological polar surface area (TPSA) is 65.8 Å². The Kier molecular flexibility index (Phi) is 7.93. The fourth-order valence-corrected chi connectivity index (χ4v) is 7.53. The third-order valence-electron chi connectivity index (χ3n) is 8.09. The van der Waals surface area contributed by atoms with E-state index in [9.17, 15) is 14.7 Å². The molecule has 1 aromatic carbocycles. The average molecular weight is 542 g/mol. The molecule has 0 spiro atoms. The molecule has 1 saturated carbocycles. The molecule has 1 saturated heterocycles. The predicted molar refractivity (Wildman–Crippen MR) is 151 cm³/mol. The molecule has 2 aliphatic rings. The molecule has 1 aliphatic heterocycles. The first-order valence-electron chi connectivity index (χ1n) is 13.4. The number of amides is 1. The Balaban J connectivity index is 1.57. The van der Waals surface area contributed by atoms with Gasteiger partial charge in [0.05, 0.1) is 15.9 Å². The second-order valence-electron chi connectivity index (χ2n) is 10.9. The van der Waals surface area contributed by atoms with Gasteiger partial charge in [0, 0.05) is 25.2 Å². The van der Waals surface area contributed by atoms with Gasteiger partial charge in [-0.3, -0.25) is 4.79 Å². The zero-order valence-electron chi connectivity index (χ0n) is 21.7. The van der Waals surface area contributed by atoms with Crippen molar-refractivity contribution in [3.63, 3.8) is 0 Å². The van der Waals surface area contributed by atoms with Gasteiger partial charge in [-0.05, 0) is 80.4 Å². The lowest BCUT2D eigenvalue weighted by molar-refractivity contribution is -0.131. The maximum atomic E-state index is 13.6. The fraction of sp³-hybridized carbons (Fsp3) is 0.517. The number of fused-ring (bicyclic) bond motifs is 1. The maximum Gasteiger partial charge on any atom is 0.345 e. The zero-order valence-corrected chi connectivity index (χ0v) is 23.3. The van der Waals surface area contributed by atoms with E-state index >= 15 is 0 Å². The highest BCUT2D eigenvalue weighted by molar-refractivity contribution is 7.21. The van der Waals surface area contributed by atoms with Gasteiger partial charge < -0.3 is 19.5 Å². The van der Waals surface area contributed by atoms with Crippen molar-refractivity contribution in [1.82, 2.24) is 14.4 Å². The molecule has 1 aliphatic carbocycles. The smallest absolute Gasteiger partial charge is 0.345 e. The van der Waals surface area contributed by atoms with Crippen LogP contribution in [-0.2, 0) is 11.3 Å². The van der Waals surface area contributed by atoms with E-state index < -0.39 is 5.97 Å². The molecule has 0 bridgehead atoms. The summed E-state index contributed by atoms with van der Waals surface area (Å²) in [6.45, 7) is 3.06. The summed E-state index contributed by atoms with van der Waals surface area (Å²) in [6.07, 6.45) is 8.06. The molecule has 1 atom stereocenters. The quantitative estimate of drug-likeness (QED) is 0.367. The van der Waals surface area contributed by atoms with E-state index in [0.29, 0.717) is 21.7 Å². The van der Waals surface area contributed by atoms with Crippen LogP contribution in [0.15, 0.2) is 30.3 Å². The molecule has 5 rings (SSSR count). The summed E-state index contributed by atoms with van der Waals surface area (Å²) in [6, 6.07) is 9.59. The van der Waals surface area contributed by atoms with Crippen LogP contribution < -0.4 is 0 Å². The Morgan fingerprint density at radius 1 is 1.11 bits per heavy atom. The van der Waals surface area contributed by atoms with Crippen molar-refractivity contribution in [2.24, 2.45) is 5.92 Å². The molecule has 3 heterocycles. The van der Waals surface area contributed by atoms with Crippen LogP contribution in [0.25, 0.3) is 21.5 Å². The number of nitrogens with zero attached hydrogens (tertiary/aromatic N) is 3. The van der Waals surface area contributed by atoms with E-state index in [1.165, 1.54) is 42.6 Å². The van der Waals surface area contributed by atoms with Gasteiger partial charge in [0.2, 0.25) is 5.91 Å². The Morgan fingerprint density at radius 3 is 2.51 bits per heavy atom.